The smallest absolute Gasteiger partial charge is 0.404 e. The standard InChI is InChI=1S/C10H9F3N2O2/c11-10(12,13)17-8-3-7-5-15(6-16)2-1-9(7)14-4-8/h3-4,6H,1-2,5H2. The Kier molecular flexibility index (Phi) is 2.91. The lowest BCUT2D eigenvalue weighted by Gasteiger charge is -2.24. The van der Waals surface area contributed by atoms with Crippen molar-refractivity contribution in [2.75, 3.05) is 6.54 Å². The van der Waals surface area contributed by atoms with Gasteiger partial charge < -0.3 is 9.64 Å². The lowest BCUT2D eigenvalue weighted by Crippen LogP contribution is -2.30. The minimum atomic E-state index is -4.73. The van der Waals surface area contributed by atoms with Gasteiger partial charge in [-0.1, -0.05) is 0 Å². The van der Waals surface area contributed by atoms with Gasteiger partial charge in [-0.25, -0.2) is 0 Å². The first-order chi connectivity index (χ1) is 7.98. The van der Waals surface area contributed by atoms with Crippen molar-refractivity contribution >= 4 is 6.41 Å². The number of hydrogen-bond acceptors (Lipinski definition) is 3. The highest BCUT2D eigenvalue weighted by molar-refractivity contribution is 5.49. The van der Waals surface area contributed by atoms with Gasteiger partial charge in [-0.2, -0.15) is 0 Å². The van der Waals surface area contributed by atoms with Gasteiger partial charge >= 0.3 is 6.36 Å². The van der Waals surface area contributed by atoms with Crippen molar-refractivity contribution in [3.63, 3.8) is 0 Å². The molecule has 0 bridgehead atoms. The van der Waals surface area contributed by atoms with Gasteiger partial charge in [0, 0.05) is 25.2 Å². The Bertz CT molecular complexity index is 434. The van der Waals surface area contributed by atoms with Crippen LogP contribution in [-0.4, -0.2) is 29.2 Å². The van der Waals surface area contributed by atoms with Crippen LogP contribution in [0.15, 0.2) is 12.3 Å². The Hall–Kier alpha value is -1.79. The maximum Gasteiger partial charge on any atom is 0.573 e. The van der Waals surface area contributed by atoms with Crippen molar-refractivity contribution in [3.8, 4) is 5.75 Å². The zero-order valence-corrected chi connectivity index (χ0v) is 8.70. The molecule has 0 spiro atoms. The van der Waals surface area contributed by atoms with E-state index in [1.807, 2.05) is 0 Å². The number of rotatable bonds is 2. The van der Waals surface area contributed by atoms with Crippen molar-refractivity contribution in [2.45, 2.75) is 19.3 Å². The van der Waals surface area contributed by atoms with Crippen LogP contribution in [0, 0.1) is 0 Å². The lowest BCUT2D eigenvalue weighted by molar-refractivity contribution is -0.274. The van der Waals surface area contributed by atoms with Gasteiger partial charge in [0.2, 0.25) is 6.41 Å². The van der Waals surface area contributed by atoms with E-state index in [9.17, 15) is 18.0 Å². The fraction of sp³-hybridized carbons (Fsp3) is 0.400. The summed E-state index contributed by atoms with van der Waals surface area (Å²) in [7, 11) is 0. The van der Waals surface area contributed by atoms with Crippen LogP contribution in [0.3, 0.4) is 0 Å². The molecule has 1 aliphatic rings. The second-order valence-electron chi connectivity index (χ2n) is 3.65. The van der Waals surface area contributed by atoms with E-state index in [4.69, 9.17) is 0 Å². The van der Waals surface area contributed by atoms with E-state index < -0.39 is 6.36 Å². The SMILES string of the molecule is O=CN1CCc2ncc(OC(F)(F)F)cc2C1. The Balaban J connectivity index is 2.21. The Morgan fingerprint density at radius 1 is 1.47 bits per heavy atom. The molecule has 0 saturated heterocycles. The quantitative estimate of drug-likeness (QED) is 0.742. The number of aromatic nitrogens is 1. The number of alkyl halides is 3. The van der Waals surface area contributed by atoms with Crippen molar-refractivity contribution in [1.29, 1.82) is 0 Å². The van der Waals surface area contributed by atoms with Gasteiger partial charge in [0.25, 0.3) is 0 Å². The molecule has 2 heterocycles. The molecular weight excluding hydrogens is 237 g/mol. The number of carbonyl (C=O) groups is 1. The number of pyridine rings is 1. The highest BCUT2D eigenvalue weighted by atomic mass is 19.4. The Morgan fingerprint density at radius 2 is 2.24 bits per heavy atom. The van der Waals surface area contributed by atoms with Crippen LogP contribution >= 0.6 is 0 Å². The maximum absolute atomic E-state index is 12.0. The zero-order chi connectivity index (χ0) is 12.5. The third-order valence-electron chi connectivity index (χ3n) is 2.43. The lowest BCUT2D eigenvalue weighted by atomic mass is 10.1. The molecule has 0 unspecified atom stereocenters. The van der Waals surface area contributed by atoms with Crippen LogP contribution in [0.1, 0.15) is 11.3 Å². The first kappa shape index (κ1) is 11.7. The van der Waals surface area contributed by atoms with E-state index in [2.05, 4.69) is 9.72 Å². The van der Waals surface area contributed by atoms with Crippen LogP contribution in [-0.2, 0) is 17.8 Å². The van der Waals surface area contributed by atoms with Crippen molar-refractivity contribution in [2.24, 2.45) is 0 Å². The topological polar surface area (TPSA) is 42.4 Å². The molecule has 1 aromatic rings. The molecule has 92 valence electrons. The third kappa shape index (κ3) is 2.86. The van der Waals surface area contributed by atoms with Crippen molar-refractivity contribution < 1.29 is 22.7 Å². The highest BCUT2D eigenvalue weighted by Crippen LogP contribution is 2.25. The normalized spacial score (nSPS) is 15.4. The molecule has 0 aliphatic carbocycles. The molecule has 7 heteroatoms. The van der Waals surface area contributed by atoms with Crippen LogP contribution in [0.25, 0.3) is 0 Å². The Morgan fingerprint density at radius 3 is 2.88 bits per heavy atom. The fourth-order valence-electron chi connectivity index (χ4n) is 1.71. The van der Waals surface area contributed by atoms with E-state index >= 15 is 0 Å². The molecule has 1 aliphatic heterocycles. The number of amides is 1. The number of fused-ring (bicyclic) bond motifs is 1. The van der Waals surface area contributed by atoms with E-state index in [1.54, 1.807) is 0 Å². The first-order valence-corrected chi connectivity index (χ1v) is 4.91. The third-order valence-corrected chi connectivity index (χ3v) is 2.43. The average Bonchev–Trinajstić information content (AvgIpc) is 2.26. The molecule has 1 amide bonds. The Labute approximate surface area is 95.0 Å². The average molecular weight is 246 g/mol. The van der Waals surface area contributed by atoms with Crippen LogP contribution in [0.2, 0.25) is 0 Å². The summed E-state index contributed by atoms with van der Waals surface area (Å²) in [5.41, 5.74) is 1.29. The number of hydrogen-bond donors (Lipinski definition) is 0. The summed E-state index contributed by atoms with van der Waals surface area (Å²) in [6.07, 6.45) is -2.47. The fourth-order valence-corrected chi connectivity index (χ4v) is 1.71. The van der Waals surface area contributed by atoms with Gasteiger partial charge in [-0.05, 0) is 11.6 Å². The number of carbonyl (C=O) groups excluding carboxylic acids is 1. The minimum Gasteiger partial charge on any atom is -0.404 e. The van der Waals surface area contributed by atoms with Crippen LogP contribution in [0.5, 0.6) is 5.75 Å². The van der Waals surface area contributed by atoms with Crippen molar-refractivity contribution in [1.82, 2.24) is 9.88 Å². The summed E-state index contributed by atoms with van der Waals surface area (Å²) >= 11 is 0. The van der Waals surface area contributed by atoms with E-state index in [-0.39, 0.29) is 12.3 Å². The van der Waals surface area contributed by atoms with E-state index in [0.717, 1.165) is 6.20 Å². The second-order valence-corrected chi connectivity index (χ2v) is 3.65. The van der Waals surface area contributed by atoms with Gasteiger partial charge in [0.1, 0.15) is 5.75 Å². The van der Waals surface area contributed by atoms with E-state index in [0.29, 0.717) is 30.6 Å². The predicted octanol–water partition coefficient (Wildman–Crippen LogP) is 1.49. The minimum absolute atomic E-state index is 0.265. The number of ether oxygens (including phenoxy) is 1. The van der Waals surface area contributed by atoms with E-state index in [1.165, 1.54) is 11.0 Å². The van der Waals surface area contributed by atoms with Gasteiger partial charge in [0.05, 0.1) is 6.20 Å². The molecule has 1 aromatic heterocycles. The molecule has 17 heavy (non-hydrogen) atoms. The summed E-state index contributed by atoms with van der Waals surface area (Å²) < 4.78 is 39.8. The maximum atomic E-state index is 12.0. The van der Waals surface area contributed by atoms with Gasteiger partial charge in [-0.3, -0.25) is 9.78 Å². The predicted molar refractivity (Wildman–Crippen MR) is 51.1 cm³/mol. The zero-order valence-electron chi connectivity index (χ0n) is 8.70. The monoisotopic (exact) mass is 246 g/mol. The summed E-state index contributed by atoms with van der Waals surface area (Å²) in [5, 5.41) is 0. The number of halogens is 3. The van der Waals surface area contributed by atoms with Gasteiger partial charge in [0.15, 0.2) is 0 Å². The molecular formula is C10H9F3N2O2. The van der Waals surface area contributed by atoms with Crippen LogP contribution < -0.4 is 4.74 Å². The molecule has 0 aromatic carbocycles. The molecule has 2 rings (SSSR count). The summed E-state index contributed by atoms with van der Waals surface area (Å²) in [5.74, 6) is -0.357. The largest absolute Gasteiger partial charge is 0.573 e. The molecule has 0 saturated carbocycles. The molecule has 0 atom stereocenters. The second kappa shape index (κ2) is 4.23. The molecule has 4 nitrogen and oxygen atoms in total. The summed E-state index contributed by atoms with van der Waals surface area (Å²) in [6.45, 7) is 0.796. The van der Waals surface area contributed by atoms with Crippen molar-refractivity contribution in [3.05, 3.63) is 23.5 Å². The molecule has 0 fully saturated rings. The van der Waals surface area contributed by atoms with Crippen LogP contribution in [0.4, 0.5) is 13.2 Å². The summed E-state index contributed by atoms with van der Waals surface area (Å²) in [6, 6.07) is 1.27. The highest BCUT2D eigenvalue weighted by Gasteiger charge is 2.31. The molecule has 0 radical (unpaired) electrons. The first-order valence-electron chi connectivity index (χ1n) is 4.91. The van der Waals surface area contributed by atoms with Gasteiger partial charge in [-0.15, -0.1) is 13.2 Å². The number of nitrogens with zero attached hydrogens (tertiary/aromatic N) is 2. The molecule has 0 N–H and O–H groups in total. The summed E-state index contributed by atoms with van der Waals surface area (Å²) in [4.78, 5) is 16.0.